The molecule has 0 unspecified atom stereocenters. The minimum Gasteiger partial charge on any atom is -0.472 e. The van der Waals surface area contributed by atoms with Crippen LogP contribution in [0.3, 0.4) is 0 Å². The highest BCUT2D eigenvalue weighted by atomic mass is 16.5. The van der Waals surface area contributed by atoms with E-state index >= 15 is 0 Å². The summed E-state index contributed by atoms with van der Waals surface area (Å²) in [6.45, 7) is 0.900. The van der Waals surface area contributed by atoms with Gasteiger partial charge >= 0.3 is 11.9 Å². The second kappa shape index (κ2) is 8.41. The Labute approximate surface area is 173 Å². The predicted octanol–water partition coefficient (Wildman–Crippen LogP) is 3.68. The van der Waals surface area contributed by atoms with Crippen LogP contribution in [-0.2, 0) is 9.53 Å². The van der Waals surface area contributed by atoms with E-state index in [-0.39, 0.29) is 23.1 Å². The number of rotatable bonds is 4. The lowest BCUT2D eigenvalue weighted by Crippen LogP contribution is -2.41. The third kappa shape index (κ3) is 3.91. The van der Waals surface area contributed by atoms with Crippen LogP contribution in [0, 0.1) is 5.92 Å². The molecule has 0 bridgehead atoms. The van der Waals surface area contributed by atoms with Gasteiger partial charge in [-0.25, -0.2) is 4.79 Å². The predicted molar refractivity (Wildman–Crippen MR) is 108 cm³/mol. The van der Waals surface area contributed by atoms with Gasteiger partial charge in [0.1, 0.15) is 17.6 Å². The molecule has 154 valence electrons. The highest BCUT2D eigenvalue weighted by molar-refractivity contribution is 5.99. The summed E-state index contributed by atoms with van der Waals surface area (Å²) in [6.07, 6.45) is 3.85. The number of hydrogen-bond acceptors (Lipinski definition) is 6. The number of piperidine rings is 1. The molecule has 0 saturated carbocycles. The second-order valence-electron chi connectivity index (χ2n) is 7.19. The number of hydrogen-bond donors (Lipinski definition) is 0. The fourth-order valence-corrected chi connectivity index (χ4v) is 3.65. The van der Waals surface area contributed by atoms with Crippen LogP contribution in [-0.4, -0.2) is 42.9 Å². The van der Waals surface area contributed by atoms with Crippen LogP contribution in [0.25, 0.3) is 10.8 Å². The van der Waals surface area contributed by atoms with Crippen LogP contribution in [0.1, 0.15) is 33.6 Å². The molecule has 1 amide bonds. The number of nitrogens with zero attached hydrogens (tertiary/aromatic N) is 1. The Morgan fingerprint density at radius 1 is 1.03 bits per heavy atom. The average molecular weight is 407 g/mol. The van der Waals surface area contributed by atoms with Crippen molar-refractivity contribution in [3.8, 4) is 5.75 Å². The molecule has 0 atom stereocenters. The lowest BCUT2D eigenvalue weighted by atomic mass is 9.96. The summed E-state index contributed by atoms with van der Waals surface area (Å²) < 4.78 is 15.4. The summed E-state index contributed by atoms with van der Waals surface area (Å²) in [7, 11) is 1.29. The fourth-order valence-electron chi connectivity index (χ4n) is 3.65. The molecular weight excluding hydrogens is 386 g/mol. The quantitative estimate of drug-likeness (QED) is 0.484. The van der Waals surface area contributed by atoms with E-state index in [1.54, 1.807) is 23.1 Å². The van der Waals surface area contributed by atoms with Gasteiger partial charge in [0.2, 0.25) is 0 Å². The maximum atomic E-state index is 12.8. The number of benzene rings is 2. The van der Waals surface area contributed by atoms with Crippen LogP contribution < -0.4 is 4.74 Å². The van der Waals surface area contributed by atoms with Crippen molar-refractivity contribution in [1.29, 1.82) is 0 Å². The van der Waals surface area contributed by atoms with Gasteiger partial charge in [0.05, 0.1) is 24.9 Å². The van der Waals surface area contributed by atoms with Gasteiger partial charge in [0.25, 0.3) is 5.91 Å². The molecule has 30 heavy (non-hydrogen) atoms. The summed E-state index contributed by atoms with van der Waals surface area (Å²) >= 11 is 0. The zero-order valence-corrected chi connectivity index (χ0v) is 16.5. The molecule has 1 fully saturated rings. The van der Waals surface area contributed by atoms with E-state index in [0.717, 1.165) is 10.8 Å². The number of ether oxygens (including phenoxy) is 2. The Hall–Kier alpha value is -3.61. The number of carbonyl (C=O) groups is 3. The highest BCUT2D eigenvalue weighted by Gasteiger charge is 2.30. The van der Waals surface area contributed by atoms with E-state index in [0.29, 0.717) is 31.5 Å². The molecule has 2 aromatic carbocycles. The highest BCUT2D eigenvalue weighted by Crippen LogP contribution is 2.29. The summed E-state index contributed by atoms with van der Waals surface area (Å²) in [5, 5.41) is 1.71. The molecule has 0 N–H and O–H groups in total. The van der Waals surface area contributed by atoms with Crippen molar-refractivity contribution >= 4 is 28.6 Å². The number of methoxy groups -OCH3 is 1. The van der Waals surface area contributed by atoms with Gasteiger partial charge in [0.15, 0.2) is 0 Å². The van der Waals surface area contributed by atoms with Crippen LogP contribution in [0.15, 0.2) is 59.4 Å². The monoisotopic (exact) mass is 407 g/mol. The molecule has 0 aliphatic carbocycles. The lowest BCUT2D eigenvalue weighted by molar-refractivity contribution is -0.140. The molecular formula is C23H21NO6. The number of amides is 1. The van der Waals surface area contributed by atoms with Crippen LogP contribution in [0.5, 0.6) is 5.75 Å². The molecule has 4 rings (SSSR count). The van der Waals surface area contributed by atoms with Gasteiger partial charge in [-0.05, 0) is 41.8 Å². The van der Waals surface area contributed by atoms with Crippen LogP contribution in [0.2, 0.25) is 0 Å². The Balaban J connectivity index is 1.47. The molecule has 0 radical (unpaired) electrons. The van der Waals surface area contributed by atoms with Crippen molar-refractivity contribution in [2.75, 3.05) is 20.2 Å². The fraction of sp³-hybridized carbons (Fsp3) is 0.261. The zero-order chi connectivity index (χ0) is 21.1. The normalized spacial score (nSPS) is 14.5. The van der Waals surface area contributed by atoms with Crippen LogP contribution in [0.4, 0.5) is 0 Å². The SMILES string of the molecule is COC(=O)c1cc2ccccc2cc1OC(=O)C1CCN(C(=O)c2ccoc2)CC1. The van der Waals surface area contributed by atoms with Gasteiger partial charge in [-0.2, -0.15) is 0 Å². The standard InChI is InChI=1S/C23H21NO6/c1-28-23(27)19-12-16-4-2-3-5-17(16)13-20(19)30-22(26)15-6-9-24(10-7-15)21(25)18-8-11-29-14-18/h2-5,8,11-15H,6-7,9-10H2,1H3. The van der Waals surface area contributed by atoms with Gasteiger partial charge in [0, 0.05) is 13.1 Å². The number of furan rings is 1. The van der Waals surface area contributed by atoms with E-state index in [9.17, 15) is 14.4 Å². The third-order valence-corrected chi connectivity index (χ3v) is 5.35. The first-order valence-corrected chi connectivity index (χ1v) is 9.71. The molecule has 1 aromatic heterocycles. The van der Waals surface area contributed by atoms with Crippen molar-refractivity contribution in [1.82, 2.24) is 4.90 Å². The Bertz CT molecular complexity index is 1080. The molecule has 1 saturated heterocycles. The minimum absolute atomic E-state index is 0.113. The van der Waals surface area contributed by atoms with Gasteiger partial charge in [-0.15, -0.1) is 0 Å². The molecule has 7 nitrogen and oxygen atoms in total. The summed E-state index contributed by atoms with van der Waals surface area (Å²) in [5.41, 5.74) is 0.701. The Morgan fingerprint density at radius 2 is 1.73 bits per heavy atom. The third-order valence-electron chi connectivity index (χ3n) is 5.35. The van der Waals surface area contributed by atoms with E-state index < -0.39 is 11.9 Å². The summed E-state index contributed by atoms with van der Waals surface area (Å²) in [4.78, 5) is 39.1. The lowest BCUT2D eigenvalue weighted by Gasteiger charge is -2.30. The molecule has 2 heterocycles. The first kappa shape index (κ1) is 19.7. The largest absolute Gasteiger partial charge is 0.472 e. The van der Waals surface area contributed by atoms with Crippen molar-refractivity contribution in [2.45, 2.75) is 12.8 Å². The number of fused-ring (bicyclic) bond motifs is 1. The Kier molecular flexibility index (Phi) is 5.52. The maximum absolute atomic E-state index is 12.8. The smallest absolute Gasteiger partial charge is 0.341 e. The second-order valence-corrected chi connectivity index (χ2v) is 7.19. The first-order valence-electron chi connectivity index (χ1n) is 9.71. The number of likely N-dealkylation sites (tertiary alicyclic amines) is 1. The number of esters is 2. The molecule has 3 aromatic rings. The van der Waals surface area contributed by atoms with Crippen molar-refractivity contribution < 1.29 is 28.3 Å². The van der Waals surface area contributed by atoms with Crippen molar-refractivity contribution in [2.24, 2.45) is 5.92 Å². The van der Waals surface area contributed by atoms with Gasteiger partial charge in [-0.1, -0.05) is 24.3 Å². The van der Waals surface area contributed by atoms with Crippen molar-refractivity contribution in [3.05, 3.63) is 66.1 Å². The van der Waals surface area contributed by atoms with Gasteiger partial charge < -0.3 is 18.8 Å². The molecule has 1 aliphatic rings. The van der Waals surface area contributed by atoms with E-state index in [2.05, 4.69) is 0 Å². The Morgan fingerprint density at radius 3 is 2.37 bits per heavy atom. The van der Waals surface area contributed by atoms with E-state index in [1.165, 1.54) is 19.6 Å². The summed E-state index contributed by atoms with van der Waals surface area (Å²) in [5.74, 6) is -1.26. The van der Waals surface area contributed by atoms with Gasteiger partial charge in [-0.3, -0.25) is 9.59 Å². The zero-order valence-electron chi connectivity index (χ0n) is 16.5. The first-order chi connectivity index (χ1) is 14.6. The van der Waals surface area contributed by atoms with E-state index in [4.69, 9.17) is 13.9 Å². The molecule has 0 spiro atoms. The van der Waals surface area contributed by atoms with Crippen molar-refractivity contribution in [3.63, 3.8) is 0 Å². The average Bonchev–Trinajstić information content (AvgIpc) is 3.32. The topological polar surface area (TPSA) is 86.0 Å². The minimum atomic E-state index is -0.566. The van der Waals surface area contributed by atoms with E-state index in [1.807, 2.05) is 24.3 Å². The van der Waals surface area contributed by atoms with Crippen LogP contribution >= 0.6 is 0 Å². The molecule has 7 heteroatoms. The summed E-state index contributed by atoms with van der Waals surface area (Å²) in [6, 6.07) is 12.5. The maximum Gasteiger partial charge on any atom is 0.341 e. The molecule has 1 aliphatic heterocycles. The number of carbonyl (C=O) groups excluding carboxylic acids is 3.